The molecule has 11 heteroatoms. The Hall–Kier alpha value is -3.96. The lowest BCUT2D eigenvalue weighted by molar-refractivity contribution is -0.384. The Morgan fingerprint density at radius 1 is 1.22 bits per heavy atom. The molecule has 0 aromatic heterocycles. The van der Waals surface area contributed by atoms with Gasteiger partial charge in [0.2, 0.25) is 5.11 Å². The summed E-state index contributed by atoms with van der Waals surface area (Å²) >= 11 is 4.85. The standard InChI is InChI=1S/C21H22N6O4S/c1-2-15-7-3-4-9-18(15)23-20(29)19(25-26-21(32)24-22)13-17(28)11-10-14-6-5-8-16(12-14)27(30)31/h3-12H,2,13,22H2,1H3,(H,23,29)(H2,24,26,32). The minimum absolute atomic E-state index is 0.0381. The second-order valence-corrected chi connectivity index (χ2v) is 6.85. The molecule has 0 atom stereocenters. The SMILES string of the molecule is CCc1ccccc1NC(=O)C(CC(=O)C=Cc1cccc([N+](=O)[O-])c1)=NNC(=S)NN. The van der Waals surface area contributed by atoms with Gasteiger partial charge in [-0.3, -0.25) is 30.6 Å². The first kappa shape index (κ1) is 24.3. The Labute approximate surface area is 189 Å². The van der Waals surface area contributed by atoms with Gasteiger partial charge in [-0.05, 0) is 41.9 Å². The van der Waals surface area contributed by atoms with Crippen molar-refractivity contribution in [1.29, 1.82) is 0 Å². The number of nitrogens with one attached hydrogen (secondary N) is 3. The summed E-state index contributed by atoms with van der Waals surface area (Å²) in [5.74, 6) is 4.16. The Morgan fingerprint density at radius 2 is 1.97 bits per heavy atom. The van der Waals surface area contributed by atoms with Gasteiger partial charge in [0, 0.05) is 17.8 Å². The van der Waals surface area contributed by atoms with E-state index < -0.39 is 16.6 Å². The number of carbonyl (C=O) groups excluding carboxylic acids is 2. The average molecular weight is 455 g/mol. The van der Waals surface area contributed by atoms with Gasteiger partial charge in [0.05, 0.1) is 11.3 Å². The summed E-state index contributed by atoms with van der Waals surface area (Å²) in [6.45, 7) is 1.95. The topological polar surface area (TPSA) is 152 Å². The zero-order valence-corrected chi connectivity index (χ0v) is 18.0. The van der Waals surface area contributed by atoms with Crippen molar-refractivity contribution >= 4 is 52.2 Å². The van der Waals surface area contributed by atoms with E-state index in [1.807, 2.05) is 19.1 Å². The molecule has 0 radical (unpaired) electrons. The second kappa shape index (κ2) is 12.0. The maximum Gasteiger partial charge on any atom is 0.272 e. The number of anilines is 1. The molecular weight excluding hydrogens is 432 g/mol. The van der Waals surface area contributed by atoms with Crippen molar-refractivity contribution in [3.63, 3.8) is 0 Å². The highest BCUT2D eigenvalue weighted by atomic mass is 32.1. The van der Waals surface area contributed by atoms with E-state index in [2.05, 4.69) is 21.3 Å². The molecule has 166 valence electrons. The van der Waals surface area contributed by atoms with Crippen molar-refractivity contribution in [2.24, 2.45) is 10.9 Å². The van der Waals surface area contributed by atoms with Gasteiger partial charge >= 0.3 is 0 Å². The predicted molar refractivity (Wildman–Crippen MR) is 127 cm³/mol. The Kier molecular flexibility index (Phi) is 9.14. The number of ketones is 1. The van der Waals surface area contributed by atoms with Crippen LogP contribution in [0.3, 0.4) is 0 Å². The molecule has 0 fully saturated rings. The van der Waals surface area contributed by atoms with Crippen LogP contribution in [0.1, 0.15) is 24.5 Å². The van der Waals surface area contributed by atoms with Crippen LogP contribution in [0.2, 0.25) is 0 Å². The molecule has 0 bridgehead atoms. The number of para-hydroxylation sites is 1. The van der Waals surface area contributed by atoms with E-state index in [-0.39, 0.29) is 22.9 Å². The third-order valence-corrected chi connectivity index (χ3v) is 4.43. The van der Waals surface area contributed by atoms with Crippen molar-refractivity contribution in [1.82, 2.24) is 10.9 Å². The normalized spacial score (nSPS) is 11.1. The summed E-state index contributed by atoms with van der Waals surface area (Å²) in [7, 11) is 0. The number of hydrazine groups is 1. The van der Waals surface area contributed by atoms with E-state index in [1.165, 1.54) is 30.4 Å². The molecule has 0 unspecified atom stereocenters. The van der Waals surface area contributed by atoms with Crippen LogP contribution < -0.4 is 22.0 Å². The summed E-state index contributed by atoms with van der Waals surface area (Å²) in [5.41, 5.74) is 6.34. The van der Waals surface area contributed by atoms with Crippen molar-refractivity contribution in [2.45, 2.75) is 19.8 Å². The number of nitrogens with zero attached hydrogens (tertiary/aromatic N) is 2. The highest BCUT2D eigenvalue weighted by molar-refractivity contribution is 7.80. The number of allylic oxidation sites excluding steroid dienone is 1. The lowest BCUT2D eigenvalue weighted by Gasteiger charge is -2.11. The van der Waals surface area contributed by atoms with Gasteiger partial charge in [0.25, 0.3) is 11.6 Å². The Balaban J connectivity index is 2.18. The molecule has 2 aromatic carbocycles. The summed E-state index contributed by atoms with van der Waals surface area (Å²) in [5, 5.41) is 17.5. The molecule has 0 heterocycles. The fraction of sp³-hybridized carbons (Fsp3) is 0.143. The van der Waals surface area contributed by atoms with Gasteiger partial charge in [-0.15, -0.1) is 0 Å². The lowest BCUT2D eigenvalue weighted by Crippen LogP contribution is -2.38. The van der Waals surface area contributed by atoms with Gasteiger partial charge < -0.3 is 5.32 Å². The smallest absolute Gasteiger partial charge is 0.272 e. The maximum absolute atomic E-state index is 12.8. The number of benzene rings is 2. The van der Waals surface area contributed by atoms with E-state index in [0.717, 1.165) is 5.56 Å². The van der Waals surface area contributed by atoms with Crippen LogP contribution in [-0.4, -0.2) is 27.4 Å². The van der Waals surface area contributed by atoms with Crippen LogP contribution in [0.4, 0.5) is 11.4 Å². The molecule has 1 amide bonds. The number of hydrazone groups is 1. The molecule has 0 aliphatic carbocycles. The summed E-state index contributed by atoms with van der Waals surface area (Å²) < 4.78 is 0. The number of nitrogens with two attached hydrogens (primary N) is 1. The summed E-state index contributed by atoms with van der Waals surface area (Å²) in [6, 6.07) is 13.1. The zero-order valence-electron chi connectivity index (χ0n) is 17.2. The van der Waals surface area contributed by atoms with E-state index >= 15 is 0 Å². The Bertz CT molecular complexity index is 1080. The third-order valence-electron chi connectivity index (χ3n) is 4.22. The molecule has 2 rings (SSSR count). The molecule has 2 aromatic rings. The maximum atomic E-state index is 12.8. The van der Waals surface area contributed by atoms with Crippen LogP contribution in [0, 0.1) is 10.1 Å². The second-order valence-electron chi connectivity index (χ2n) is 6.44. The molecule has 0 saturated carbocycles. The van der Waals surface area contributed by atoms with Crippen LogP contribution >= 0.6 is 12.2 Å². The summed E-state index contributed by atoms with van der Waals surface area (Å²) in [6.07, 6.45) is 3.01. The van der Waals surface area contributed by atoms with Crippen molar-refractivity contribution < 1.29 is 14.5 Å². The molecule has 0 saturated heterocycles. The first-order valence-electron chi connectivity index (χ1n) is 9.51. The van der Waals surface area contributed by atoms with E-state index in [1.54, 1.807) is 18.2 Å². The van der Waals surface area contributed by atoms with Gasteiger partial charge in [-0.25, -0.2) is 5.84 Å². The fourth-order valence-corrected chi connectivity index (χ4v) is 2.67. The van der Waals surface area contributed by atoms with Crippen LogP contribution in [-0.2, 0) is 16.0 Å². The van der Waals surface area contributed by atoms with Crippen LogP contribution in [0.25, 0.3) is 6.08 Å². The fourth-order valence-electron chi connectivity index (χ4n) is 2.62. The number of hydrogen-bond donors (Lipinski definition) is 4. The van der Waals surface area contributed by atoms with Crippen LogP contribution in [0.15, 0.2) is 59.7 Å². The monoisotopic (exact) mass is 454 g/mol. The molecule has 10 nitrogen and oxygen atoms in total. The first-order valence-corrected chi connectivity index (χ1v) is 9.92. The number of aryl methyl sites for hydroxylation is 1. The van der Waals surface area contributed by atoms with E-state index in [9.17, 15) is 19.7 Å². The predicted octanol–water partition coefficient (Wildman–Crippen LogP) is 2.46. The van der Waals surface area contributed by atoms with Gasteiger partial charge in [-0.1, -0.05) is 43.3 Å². The molecule has 0 aliphatic rings. The molecular formula is C21H22N6O4S. The van der Waals surface area contributed by atoms with Crippen molar-refractivity contribution in [2.75, 3.05) is 5.32 Å². The van der Waals surface area contributed by atoms with Crippen molar-refractivity contribution in [3.05, 3.63) is 75.8 Å². The number of hydrogen-bond acceptors (Lipinski definition) is 7. The minimum Gasteiger partial charge on any atom is -0.321 e. The largest absolute Gasteiger partial charge is 0.321 e. The van der Waals surface area contributed by atoms with Gasteiger partial charge in [0.15, 0.2) is 5.78 Å². The number of carbonyl (C=O) groups is 2. The number of non-ortho nitro benzene ring substituents is 1. The van der Waals surface area contributed by atoms with Crippen LogP contribution in [0.5, 0.6) is 0 Å². The Morgan fingerprint density at radius 3 is 2.66 bits per heavy atom. The number of amides is 1. The number of nitro benzene ring substituents is 1. The van der Waals surface area contributed by atoms with Crippen molar-refractivity contribution in [3.8, 4) is 0 Å². The van der Waals surface area contributed by atoms with E-state index in [0.29, 0.717) is 17.7 Å². The third kappa shape index (κ3) is 7.38. The number of rotatable bonds is 9. The molecule has 5 N–H and O–H groups in total. The number of nitro groups is 1. The van der Waals surface area contributed by atoms with Gasteiger partial charge in [0.1, 0.15) is 5.71 Å². The first-order chi connectivity index (χ1) is 15.3. The highest BCUT2D eigenvalue weighted by Crippen LogP contribution is 2.16. The quantitative estimate of drug-likeness (QED) is 0.113. The molecule has 0 spiro atoms. The minimum atomic E-state index is -0.588. The molecule has 0 aliphatic heterocycles. The van der Waals surface area contributed by atoms with Gasteiger partial charge in [-0.2, -0.15) is 5.10 Å². The zero-order chi connectivity index (χ0) is 23.5. The number of thiocarbonyl (C=S) groups is 1. The van der Waals surface area contributed by atoms with E-state index in [4.69, 9.17) is 18.1 Å². The summed E-state index contributed by atoms with van der Waals surface area (Å²) in [4.78, 5) is 35.6. The molecule has 32 heavy (non-hydrogen) atoms. The lowest BCUT2D eigenvalue weighted by atomic mass is 10.1. The average Bonchev–Trinajstić information content (AvgIpc) is 2.80. The highest BCUT2D eigenvalue weighted by Gasteiger charge is 2.17.